The van der Waals surface area contributed by atoms with Crippen LogP contribution in [0.25, 0.3) is 0 Å². The summed E-state index contributed by atoms with van der Waals surface area (Å²) in [6.07, 6.45) is 2.88. The van der Waals surface area contributed by atoms with E-state index in [4.69, 9.17) is 0 Å². The minimum atomic E-state index is 0.690. The molecule has 1 heterocycles. The van der Waals surface area contributed by atoms with Gasteiger partial charge in [-0.25, -0.2) is 0 Å². The molecule has 2 rings (SSSR count). The van der Waals surface area contributed by atoms with Gasteiger partial charge in [-0.1, -0.05) is 6.92 Å². The lowest BCUT2D eigenvalue weighted by Crippen LogP contribution is -2.36. The van der Waals surface area contributed by atoms with Crippen molar-refractivity contribution >= 4 is 0 Å². The third-order valence-electron chi connectivity index (χ3n) is 2.91. The summed E-state index contributed by atoms with van der Waals surface area (Å²) < 4.78 is 0. The van der Waals surface area contributed by atoms with Crippen molar-refractivity contribution in [1.29, 1.82) is 0 Å². The maximum Gasteiger partial charge on any atom is 0.0260 e. The number of hydrogen-bond acceptors (Lipinski definition) is 2. The van der Waals surface area contributed by atoms with Crippen molar-refractivity contribution in [2.75, 3.05) is 19.6 Å². The van der Waals surface area contributed by atoms with E-state index >= 15 is 0 Å². The predicted octanol–water partition coefficient (Wildman–Crippen LogP) is 0.348. The molecule has 2 fully saturated rings. The molecule has 2 heteroatoms. The van der Waals surface area contributed by atoms with Crippen molar-refractivity contribution in [3.8, 4) is 0 Å². The fourth-order valence-corrected chi connectivity index (χ4v) is 2.03. The van der Waals surface area contributed by atoms with E-state index in [1.807, 2.05) is 0 Å². The van der Waals surface area contributed by atoms with Gasteiger partial charge in [0.25, 0.3) is 0 Å². The largest absolute Gasteiger partial charge is 0.315 e. The summed E-state index contributed by atoms with van der Waals surface area (Å²) in [4.78, 5) is 0. The second-order valence-corrected chi connectivity index (χ2v) is 3.60. The van der Waals surface area contributed by atoms with Gasteiger partial charge >= 0.3 is 0 Å². The molecule has 10 heavy (non-hydrogen) atoms. The highest BCUT2D eigenvalue weighted by Gasteiger charge is 2.51. The molecule has 2 N–H and O–H groups in total. The summed E-state index contributed by atoms with van der Waals surface area (Å²) in [5, 5.41) is 6.98. The van der Waals surface area contributed by atoms with E-state index in [1.54, 1.807) is 0 Å². The van der Waals surface area contributed by atoms with Crippen molar-refractivity contribution in [2.24, 2.45) is 5.41 Å². The molecule has 2 aliphatic rings. The van der Waals surface area contributed by atoms with Crippen LogP contribution in [0.15, 0.2) is 0 Å². The molecule has 1 aliphatic heterocycles. The lowest BCUT2D eigenvalue weighted by atomic mass is 10.0. The maximum atomic E-state index is 3.53. The Bertz CT molecular complexity index is 129. The summed E-state index contributed by atoms with van der Waals surface area (Å²) in [7, 11) is 0. The van der Waals surface area contributed by atoms with Crippen LogP contribution in [0.1, 0.15) is 19.8 Å². The van der Waals surface area contributed by atoms with Gasteiger partial charge in [0.1, 0.15) is 0 Å². The van der Waals surface area contributed by atoms with Crippen LogP contribution < -0.4 is 10.6 Å². The van der Waals surface area contributed by atoms with E-state index in [1.165, 1.54) is 25.9 Å². The van der Waals surface area contributed by atoms with Crippen LogP contribution in [0.2, 0.25) is 0 Å². The molecular formula is C8H16N2. The van der Waals surface area contributed by atoms with Gasteiger partial charge in [-0.15, -0.1) is 0 Å². The summed E-state index contributed by atoms with van der Waals surface area (Å²) in [5.74, 6) is 0. The molecule has 0 aromatic rings. The highest BCUT2D eigenvalue weighted by Crippen LogP contribution is 2.50. The van der Waals surface area contributed by atoms with Crippen molar-refractivity contribution in [3.05, 3.63) is 0 Å². The summed E-state index contributed by atoms with van der Waals surface area (Å²) in [6.45, 7) is 5.75. The van der Waals surface area contributed by atoms with Crippen molar-refractivity contribution in [1.82, 2.24) is 10.6 Å². The minimum Gasteiger partial charge on any atom is -0.315 e. The van der Waals surface area contributed by atoms with Gasteiger partial charge in [0.2, 0.25) is 0 Å². The molecule has 1 aliphatic carbocycles. The summed E-state index contributed by atoms with van der Waals surface area (Å²) in [6, 6.07) is 0.775. The molecular weight excluding hydrogens is 124 g/mol. The first kappa shape index (κ1) is 6.62. The first-order valence-corrected chi connectivity index (χ1v) is 4.31. The molecule has 0 unspecified atom stereocenters. The van der Waals surface area contributed by atoms with E-state index in [0.29, 0.717) is 5.41 Å². The predicted molar refractivity (Wildman–Crippen MR) is 42.0 cm³/mol. The zero-order valence-electron chi connectivity index (χ0n) is 6.61. The second kappa shape index (κ2) is 2.21. The summed E-state index contributed by atoms with van der Waals surface area (Å²) >= 11 is 0. The zero-order chi connectivity index (χ0) is 7.03. The number of hydrogen-bond donors (Lipinski definition) is 2. The van der Waals surface area contributed by atoms with E-state index in [2.05, 4.69) is 17.6 Å². The summed E-state index contributed by atoms with van der Waals surface area (Å²) in [5.41, 5.74) is 0.690. The average Bonchev–Trinajstić information content (AvgIpc) is 2.57. The molecule has 0 amide bonds. The van der Waals surface area contributed by atoms with Gasteiger partial charge in [-0.3, -0.25) is 0 Å². The maximum absolute atomic E-state index is 3.53. The van der Waals surface area contributed by atoms with E-state index < -0.39 is 0 Å². The Kier molecular flexibility index (Phi) is 1.46. The third-order valence-corrected chi connectivity index (χ3v) is 2.91. The van der Waals surface area contributed by atoms with Gasteiger partial charge in [-0.2, -0.15) is 0 Å². The third kappa shape index (κ3) is 0.867. The van der Waals surface area contributed by atoms with Gasteiger partial charge in [0.15, 0.2) is 0 Å². The van der Waals surface area contributed by atoms with Crippen LogP contribution >= 0.6 is 0 Å². The van der Waals surface area contributed by atoms with Crippen LogP contribution in [-0.4, -0.2) is 25.7 Å². The first-order valence-electron chi connectivity index (χ1n) is 4.31. The Labute approximate surface area is 62.4 Å². The standard InChI is InChI=1S/C8H16N2/c1-2-10-7-5-9-6-8(7)3-4-8/h7,9-10H,2-6H2,1H3/t7-/m0/s1. The first-order chi connectivity index (χ1) is 4.87. The monoisotopic (exact) mass is 140 g/mol. The van der Waals surface area contributed by atoms with Gasteiger partial charge in [0.05, 0.1) is 0 Å². The normalized spacial score (nSPS) is 35.1. The molecule has 0 aromatic carbocycles. The van der Waals surface area contributed by atoms with Gasteiger partial charge in [0, 0.05) is 19.1 Å². The lowest BCUT2D eigenvalue weighted by molar-refractivity contribution is 0.418. The molecule has 0 bridgehead atoms. The van der Waals surface area contributed by atoms with Gasteiger partial charge < -0.3 is 10.6 Å². The Hall–Kier alpha value is -0.0800. The molecule has 1 spiro atoms. The van der Waals surface area contributed by atoms with Crippen LogP contribution in [0, 0.1) is 5.41 Å². The quantitative estimate of drug-likeness (QED) is 0.578. The highest BCUT2D eigenvalue weighted by atomic mass is 15.1. The van der Waals surface area contributed by atoms with Crippen LogP contribution in [-0.2, 0) is 0 Å². The van der Waals surface area contributed by atoms with Crippen LogP contribution in [0.4, 0.5) is 0 Å². The van der Waals surface area contributed by atoms with E-state index in [0.717, 1.165) is 12.6 Å². The molecule has 2 nitrogen and oxygen atoms in total. The topological polar surface area (TPSA) is 24.1 Å². The number of nitrogens with one attached hydrogen (secondary N) is 2. The molecule has 1 saturated heterocycles. The average molecular weight is 140 g/mol. The molecule has 1 saturated carbocycles. The van der Waals surface area contributed by atoms with E-state index in [-0.39, 0.29) is 0 Å². The molecule has 0 radical (unpaired) electrons. The number of likely N-dealkylation sites (N-methyl/N-ethyl adjacent to an activating group) is 1. The SMILES string of the molecule is CCN[C@H]1CNCC12CC2. The minimum absolute atomic E-state index is 0.690. The van der Waals surface area contributed by atoms with Crippen molar-refractivity contribution in [2.45, 2.75) is 25.8 Å². The van der Waals surface area contributed by atoms with Crippen molar-refractivity contribution < 1.29 is 0 Å². The zero-order valence-corrected chi connectivity index (χ0v) is 6.61. The van der Waals surface area contributed by atoms with Gasteiger partial charge in [-0.05, 0) is 24.8 Å². The smallest absolute Gasteiger partial charge is 0.0260 e. The van der Waals surface area contributed by atoms with Crippen molar-refractivity contribution in [3.63, 3.8) is 0 Å². The second-order valence-electron chi connectivity index (χ2n) is 3.60. The fourth-order valence-electron chi connectivity index (χ4n) is 2.03. The Morgan fingerprint density at radius 1 is 1.60 bits per heavy atom. The lowest BCUT2D eigenvalue weighted by Gasteiger charge is -2.17. The molecule has 0 aromatic heterocycles. The Morgan fingerprint density at radius 3 is 3.00 bits per heavy atom. The Balaban J connectivity index is 1.94. The Morgan fingerprint density at radius 2 is 2.40 bits per heavy atom. The number of rotatable bonds is 2. The fraction of sp³-hybridized carbons (Fsp3) is 1.00. The van der Waals surface area contributed by atoms with Crippen LogP contribution in [0.5, 0.6) is 0 Å². The molecule has 58 valence electrons. The van der Waals surface area contributed by atoms with E-state index in [9.17, 15) is 0 Å². The molecule has 1 atom stereocenters. The highest BCUT2D eigenvalue weighted by molar-refractivity contribution is 5.08. The van der Waals surface area contributed by atoms with Crippen LogP contribution in [0.3, 0.4) is 0 Å².